The lowest BCUT2D eigenvalue weighted by molar-refractivity contribution is -0.138. The second kappa shape index (κ2) is 6.38. The van der Waals surface area contributed by atoms with Gasteiger partial charge in [-0.3, -0.25) is 9.59 Å². The number of halogens is 1. The number of hydrogen-bond donors (Lipinski definition) is 1. The van der Waals surface area contributed by atoms with E-state index in [4.69, 9.17) is 0 Å². The van der Waals surface area contributed by atoms with Gasteiger partial charge in [0.05, 0.1) is 5.92 Å². The summed E-state index contributed by atoms with van der Waals surface area (Å²) in [5, 5.41) is 3.28. The molecule has 0 aliphatic carbocycles. The summed E-state index contributed by atoms with van der Waals surface area (Å²) in [5.74, 6) is -0.0916. The third kappa shape index (κ3) is 3.03. The van der Waals surface area contributed by atoms with Crippen molar-refractivity contribution in [3.63, 3.8) is 0 Å². The summed E-state index contributed by atoms with van der Waals surface area (Å²) in [6.45, 7) is 4.90. The number of piperazine rings is 1. The largest absolute Gasteiger partial charge is 0.337 e. The Morgan fingerprint density at radius 3 is 2.95 bits per heavy atom. The monoisotopic (exact) mass is 365 g/mol. The Morgan fingerprint density at radius 1 is 1.41 bits per heavy atom. The fourth-order valence-electron chi connectivity index (χ4n) is 3.17. The maximum absolute atomic E-state index is 12.7. The molecule has 22 heavy (non-hydrogen) atoms. The predicted octanol–water partition coefficient (Wildman–Crippen LogP) is 1.62. The van der Waals surface area contributed by atoms with Crippen molar-refractivity contribution in [3.8, 4) is 0 Å². The van der Waals surface area contributed by atoms with Crippen LogP contribution in [0.5, 0.6) is 0 Å². The number of carbonyl (C=O) groups excluding carboxylic acids is 2. The van der Waals surface area contributed by atoms with E-state index in [1.165, 1.54) is 0 Å². The van der Waals surface area contributed by atoms with Crippen LogP contribution in [-0.4, -0.2) is 48.9 Å². The number of carbonyl (C=O) groups is 2. The van der Waals surface area contributed by atoms with Crippen LogP contribution in [0.4, 0.5) is 5.69 Å². The van der Waals surface area contributed by atoms with Gasteiger partial charge in [0.2, 0.25) is 11.8 Å². The van der Waals surface area contributed by atoms with Crippen molar-refractivity contribution in [2.24, 2.45) is 5.92 Å². The molecule has 1 N–H and O–H groups in total. The van der Waals surface area contributed by atoms with Gasteiger partial charge in [0.1, 0.15) is 0 Å². The minimum absolute atomic E-state index is 0.0271. The molecule has 2 fully saturated rings. The number of nitrogens with zero attached hydrogens (tertiary/aromatic N) is 2. The van der Waals surface area contributed by atoms with Gasteiger partial charge in [-0.05, 0) is 25.1 Å². The number of hydrogen-bond acceptors (Lipinski definition) is 3. The van der Waals surface area contributed by atoms with Gasteiger partial charge >= 0.3 is 0 Å². The molecule has 2 aliphatic rings. The van der Waals surface area contributed by atoms with Crippen LogP contribution < -0.4 is 10.2 Å². The molecule has 1 aromatic rings. The highest BCUT2D eigenvalue weighted by Gasteiger charge is 2.38. The van der Waals surface area contributed by atoms with Crippen molar-refractivity contribution in [3.05, 3.63) is 28.7 Å². The molecule has 2 saturated heterocycles. The average Bonchev–Trinajstić information content (AvgIpc) is 2.89. The van der Waals surface area contributed by atoms with E-state index in [-0.39, 0.29) is 23.8 Å². The molecule has 2 atom stereocenters. The number of amides is 2. The zero-order valence-corrected chi connectivity index (χ0v) is 14.2. The lowest BCUT2D eigenvalue weighted by Gasteiger charge is -2.35. The normalized spacial score (nSPS) is 25.6. The van der Waals surface area contributed by atoms with Gasteiger partial charge in [0.15, 0.2) is 0 Å². The molecule has 118 valence electrons. The molecule has 0 aromatic heterocycles. The summed E-state index contributed by atoms with van der Waals surface area (Å²) in [7, 11) is 0. The molecule has 0 saturated carbocycles. The Bertz CT molecular complexity index is 593. The molecule has 0 spiro atoms. The first-order chi connectivity index (χ1) is 10.6. The number of rotatable bonds is 2. The topological polar surface area (TPSA) is 52.7 Å². The fraction of sp³-hybridized carbons (Fsp3) is 0.500. The molecule has 0 radical (unpaired) electrons. The van der Waals surface area contributed by atoms with Gasteiger partial charge in [-0.2, -0.15) is 0 Å². The van der Waals surface area contributed by atoms with Crippen molar-refractivity contribution in [1.82, 2.24) is 10.2 Å². The van der Waals surface area contributed by atoms with Gasteiger partial charge < -0.3 is 15.1 Å². The van der Waals surface area contributed by atoms with E-state index < -0.39 is 0 Å². The highest BCUT2D eigenvalue weighted by molar-refractivity contribution is 9.10. The van der Waals surface area contributed by atoms with Crippen LogP contribution in [-0.2, 0) is 9.59 Å². The molecular formula is C16H20BrN3O2. The van der Waals surface area contributed by atoms with Crippen LogP contribution in [0, 0.1) is 5.92 Å². The Kier molecular flexibility index (Phi) is 4.49. The van der Waals surface area contributed by atoms with Crippen molar-refractivity contribution >= 4 is 33.4 Å². The molecule has 5 nitrogen and oxygen atoms in total. The smallest absolute Gasteiger partial charge is 0.228 e. The minimum Gasteiger partial charge on any atom is -0.337 e. The maximum Gasteiger partial charge on any atom is 0.228 e. The Labute approximate surface area is 138 Å². The Morgan fingerprint density at radius 2 is 2.23 bits per heavy atom. The molecule has 1 aromatic carbocycles. The van der Waals surface area contributed by atoms with E-state index in [1.807, 2.05) is 36.1 Å². The van der Waals surface area contributed by atoms with Crippen molar-refractivity contribution in [1.29, 1.82) is 0 Å². The van der Waals surface area contributed by atoms with Crippen LogP contribution in [0.2, 0.25) is 0 Å². The zero-order chi connectivity index (χ0) is 15.7. The molecule has 2 heterocycles. The van der Waals surface area contributed by atoms with E-state index in [2.05, 4.69) is 21.2 Å². The zero-order valence-electron chi connectivity index (χ0n) is 12.6. The van der Waals surface area contributed by atoms with Gasteiger partial charge in [-0.25, -0.2) is 0 Å². The standard InChI is InChI=1S/C16H20BrN3O2/c1-11-9-18-5-6-19(11)16(22)12-7-15(21)20(10-12)14-4-2-3-13(17)8-14/h2-4,8,11-12,18H,5-7,9-10H2,1H3/t11-,12?/m1/s1. The molecule has 0 bridgehead atoms. The van der Waals surface area contributed by atoms with Crippen LogP contribution in [0.1, 0.15) is 13.3 Å². The summed E-state index contributed by atoms with van der Waals surface area (Å²) in [5.41, 5.74) is 0.850. The molecule has 2 aliphatic heterocycles. The van der Waals surface area contributed by atoms with E-state index in [1.54, 1.807) is 4.90 Å². The molecule has 1 unspecified atom stereocenters. The highest BCUT2D eigenvalue weighted by Crippen LogP contribution is 2.28. The molecular weight excluding hydrogens is 346 g/mol. The summed E-state index contributed by atoms with van der Waals surface area (Å²) in [6.07, 6.45) is 0.308. The van der Waals surface area contributed by atoms with Crippen molar-refractivity contribution in [2.45, 2.75) is 19.4 Å². The van der Waals surface area contributed by atoms with E-state index in [0.29, 0.717) is 13.0 Å². The Hall–Kier alpha value is -1.40. The average molecular weight is 366 g/mol. The van der Waals surface area contributed by atoms with Gasteiger partial charge in [-0.1, -0.05) is 22.0 Å². The SMILES string of the molecule is C[C@@H]1CNCCN1C(=O)C1CC(=O)N(c2cccc(Br)c2)C1. The van der Waals surface area contributed by atoms with Crippen LogP contribution >= 0.6 is 15.9 Å². The van der Waals surface area contributed by atoms with E-state index in [0.717, 1.165) is 29.8 Å². The number of nitrogens with one attached hydrogen (secondary N) is 1. The first-order valence-corrected chi connectivity index (χ1v) is 8.42. The number of anilines is 1. The number of benzene rings is 1. The second-order valence-electron chi connectivity index (χ2n) is 5.97. The van der Waals surface area contributed by atoms with Gasteiger partial charge in [-0.15, -0.1) is 0 Å². The summed E-state index contributed by atoms with van der Waals surface area (Å²) >= 11 is 3.42. The summed E-state index contributed by atoms with van der Waals surface area (Å²) in [6, 6.07) is 7.84. The van der Waals surface area contributed by atoms with Crippen LogP contribution in [0.15, 0.2) is 28.7 Å². The maximum atomic E-state index is 12.7. The lowest BCUT2D eigenvalue weighted by atomic mass is 10.1. The molecule has 3 rings (SSSR count). The first kappa shape index (κ1) is 15.5. The first-order valence-electron chi connectivity index (χ1n) is 7.63. The van der Waals surface area contributed by atoms with Crippen LogP contribution in [0.25, 0.3) is 0 Å². The van der Waals surface area contributed by atoms with Crippen LogP contribution in [0.3, 0.4) is 0 Å². The van der Waals surface area contributed by atoms with Gasteiger partial charge in [0.25, 0.3) is 0 Å². The quantitative estimate of drug-likeness (QED) is 0.866. The second-order valence-corrected chi connectivity index (χ2v) is 6.89. The fourth-order valence-corrected chi connectivity index (χ4v) is 3.56. The molecule has 6 heteroatoms. The van der Waals surface area contributed by atoms with Crippen molar-refractivity contribution < 1.29 is 9.59 Å². The third-order valence-corrected chi connectivity index (χ3v) is 4.87. The summed E-state index contributed by atoms with van der Waals surface area (Å²) in [4.78, 5) is 28.6. The molecule has 2 amide bonds. The van der Waals surface area contributed by atoms with Gasteiger partial charge in [0, 0.05) is 48.8 Å². The highest BCUT2D eigenvalue weighted by atomic mass is 79.9. The van der Waals surface area contributed by atoms with E-state index in [9.17, 15) is 9.59 Å². The third-order valence-electron chi connectivity index (χ3n) is 4.38. The summed E-state index contributed by atoms with van der Waals surface area (Å²) < 4.78 is 0.934. The Balaban J connectivity index is 1.72. The van der Waals surface area contributed by atoms with E-state index >= 15 is 0 Å². The van der Waals surface area contributed by atoms with Crippen molar-refractivity contribution in [2.75, 3.05) is 31.1 Å². The lowest BCUT2D eigenvalue weighted by Crippen LogP contribution is -2.54. The minimum atomic E-state index is -0.230. The predicted molar refractivity (Wildman–Crippen MR) is 88.6 cm³/mol.